The summed E-state index contributed by atoms with van der Waals surface area (Å²) in [6, 6.07) is 5.70. The Morgan fingerprint density at radius 1 is 1.52 bits per heavy atom. The molecular formula is C16H23ClN2O2. The zero-order valence-corrected chi connectivity index (χ0v) is 13.6. The average molecular weight is 311 g/mol. The number of nitrogens with one attached hydrogen (secondary N) is 1. The summed E-state index contributed by atoms with van der Waals surface area (Å²) in [6.07, 6.45) is 1.41. The molecule has 1 amide bonds. The third-order valence-electron chi connectivity index (χ3n) is 3.79. The fourth-order valence-electron chi connectivity index (χ4n) is 2.49. The molecule has 2 unspecified atom stereocenters. The zero-order valence-electron chi connectivity index (χ0n) is 12.9. The van der Waals surface area contributed by atoms with Crippen LogP contribution in [0.5, 0.6) is 5.75 Å². The SMILES string of the molecule is CCCNC(C)c1cc(Cl)ccc1OC1CCN(C)C1=O. The summed E-state index contributed by atoms with van der Waals surface area (Å²) in [5.41, 5.74) is 0.998. The Bertz CT molecular complexity index is 507. The van der Waals surface area contributed by atoms with Gasteiger partial charge in [0.1, 0.15) is 5.75 Å². The topological polar surface area (TPSA) is 41.6 Å². The highest BCUT2D eigenvalue weighted by molar-refractivity contribution is 6.30. The van der Waals surface area contributed by atoms with Crippen molar-refractivity contribution in [2.75, 3.05) is 20.1 Å². The summed E-state index contributed by atoms with van der Waals surface area (Å²) in [4.78, 5) is 13.7. The molecule has 0 saturated carbocycles. The lowest BCUT2D eigenvalue weighted by Gasteiger charge is -2.20. The van der Waals surface area contributed by atoms with Crippen molar-refractivity contribution in [1.29, 1.82) is 0 Å². The molecule has 0 radical (unpaired) electrons. The molecule has 4 nitrogen and oxygen atoms in total. The molecule has 0 aliphatic carbocycles. The van der Waals surface area contributed by atoms with Gasteiger partial charge in [0, 0.05) is 36.6 Å². The number of hydrogen-bond acceptors (Lipinski definition) is 3. The first kappa shape index (κ1) is 16.1. The summed E-state index contributed by atoms with van der Waals surface area (Å²) >= 11 is 6.10. The van der Waals surface area contributed by atoms with Crippen LogP contribution >= 0.6 is 11.6 Å². The summed E-state index contributed by atoms with van der Waals surface area (Å²) in [5.74, 6) is 0.786. The number of amides is 1. The normalized spacial score (nSPS) is 19.9. The maximum atomic E-state index is 12.0. The number of rotatable bonds is 6. The molecule has 0 aromatic heterocycles. The van der Waals surface area contributed by atoms with Crippen molar-refractivity contribution < 1.29 is 9.53 Å². The lowest BCUT2D eigenvalue weighted by Crippen LogP contribution is -2.30. The van der Waals surface area contributed by atoms with Gasteiger partial charge in [-0.25, -0.2) is 0 Å². The van der Waals surface area contributed by atoms with Gasteiger partial charge in [-0.15, -0.1) is 0 Å². The van der Waals surface area contributed by atoms with Gasteiger partial charge in [0.2, 0.25) is 0 Å². The van der Waals surface area contributed by atoms with Crippen LogP contribution in [0.2, 0.25) is 5.02 Å². The molecule has 2 atom stereocenters. The fraction of sp³-hybridized carbons (Fsp3) is 0.562. The van der Waals surface area contributed by atoms with E-state index in [9.17, 15) is 4.79 Å². The average Bonchev–Trinajstić information content (AvgIpc) is 2.78. The Morgan fingerprint density at radius 2 is 2.29 bits per heavy atom. The lowest BCUT2D eigenvalue weighted by molar-refractivity contribution is -0.132. The second-order valence-electron chi connectivity index (χ2n) is 5.51. The first-order chi connectivity index (χ1) is 10.0. The van der Waals surface area contributed by atoms with Gasteiger partial charge in [0.05, 0.1) is 0 Å². The van der Waals surface area contributed by atoms with Gasteiger partial charge in [-0.2, -0.15) is 0 Å². The highest BCUT2D eigenvalue weighted by Crippen LogP contribution is 2.30. The maximum absolute atomic E-state index is 12.0. The van der Waals surface area contributed by atoms with Gasteiger partial charge in [0.25, 0.3) is 5.91 Å². The lowest BCUT2D eigenvalue weighted by atomic mass is 10.1. The van der Waals surface area contributed by atoms with Crippen molar-refractivity contribution in [3.63, 3.8) is 0 Å². The standard InChI is InChI=1S/C16H23ClN2O2/c1-4-8-18-11(2)13-10-12(17)5-6-14(13)21-15-7-9-19(3)16(15)20/h5-6,10-11,15,18H,4,7-9H2,1-3H3. The van der Waals surface area contributed by atoms with E-state index in [1.807, 2.05) is 12.1 Å². The van der Waals surface area contributed by atoms with E-state index in [1.54, 1.807) is 18.0 Å². The van der Waals surface area contributed by atoms with Crippen molar-refractivity contribution in [2.24, 2.45) is 0 Å². The highest BCUT2D eigenvalue weighted by Gasteiger charge is 2.31. The van der Waals surface area contributed by atoms with Crippen LogP contribution in [0.3, 0.4) is 0 Å². The zero-order chi connectivity index (χ0) is 15.4. The number of likely N-dealkylation sites (tertiary alicyclic amines) is 1. The Kier molecular flexibility index (Phi) is 5.48. The first-order valence-corrected chi connectivity index (χ1v) is 7.85. The third kappa shape index (κ3) is 3.89. The third-order valence-corrected chi connectivity index (χ3v) is 4.02. The number of likely N-dealkylation sites (N-methyl/N-ethyl adjacent to an activating group) is 1. The largest absolute Gasteiger partial charge is 0.480 e. The van der Waals surface area contributed by atoms with E-state index >= 15 is 0 Å². The number of hydrogen-bond donors (Lipinski definition) is 1. The summed E-state index contributed by atoms with van der Waals surface area (Å²) in [7, 11) is 1.81. The number of benzene rings is 1. The predicted molar refractivity (Wildman–Crippen MR) is 84.8 cm³/mol. The minimum absolute atomic E-state index is 0.0464. The van der Waals surface area contributed by atoms with Gasteiger partial charge in [-0.05, 0) is 38.1 Å². The van der Waals surface area contributed by atoms with E-state index in [0.29, 0.717) is 5.02 Å². The van der Waals surface area contributed by atoms with Gasteiger partial charge in [-0.1, -0.05) is 18.5 Å². The molecular weight excluding hydrogens is 288 g/mol. The molecule has 1 aliphatic heterocycles. The van der Waals surface area contributed by atoms with Gasteiger partial charge in [0.15, 0.2) is 6.10 Å². The predicted octanol–water partition coefficient (Wildman–Crippen LogP) is 3.01. The van der Waals surface area contributed by atoms with E-state index in [2.05, 4.69) is 19.2 Å². The molecule has 0 spiro atoms. The molecule has 1 saturated heterocycles. The molecule has 1 fully saturated rings. The Labute approximate surface area is 131 Å². The number of carbonyl (C=O) groups is 1. The molecule has 1 aliphatic rings. The molecule has 1 aromatic carbocycles. The monoisotopic (exact) mass is 310 g/mol. The van der Waals surface area contributed by atoms with Crippen molar-refractivity contribution in [3.8, 4) is 5.75 Å². The molecule has 21 heavy (non-hydrogen) atoms. The number of nitrogens with zero attached hydrogens (tertiary/aromatic N) is 1. The maximum Gasteiger partial charge on any atom is 0.263 e. The van der Waals surface area contributed by atoms with E-state index in [-0.39, 0.29) is 18.1 Å². The van der Waals surface area contributed by atoms with Crippen molar-refractivity contribution in [1.82, 2.24) is 10.2 Å². The van der Waals surface area contributed by atoms with Crippen molar-refractivity contribution in [3.05, 3.63) is 28.8 Å². The van der Waals surface area contributed by atoms with Crippen LogP contribution in [-0.4, -0.2) is 37.0 Å². The molecule has 1 N–H and O–H groups in total. The first-order valence-electron chi connectivity index (χ1n) is 7.47. The quantitative estimate of drug-likeness (QED) is 0.878. The van der Waals surface area contributed by atoms with Crippen molar-refractivity contribution >= 4 is 17.5 Å². The fourth-order valence-corrected chi connectivity index (χ4v) is 2.67. The molecule has 1 aromatic rings. The number of carbonyl (C=O) groups excluding carboxylic acids is 1. The second kappa shape index (κ2) is 7.14. The van der Waals surface area contributed by atoms with Crippen molar-refractivity contribution in [2.45, 2.75) is 38.8 Å². The smallest absolute Gasteiger partial charge is 0.263 e. The van der Waals surface area contributed by atoms with Crippen LogP contribution < -0.4 is 10.1 Å². The van der Waals surface area contributed by atoms with Crippen LogP contribution in [0.15, 0.2) is 18.2 Å². The van der Waals surface area contributed by atoms with Crippen LogP contribution in [0.25, 0.3) is 0 Å². The molecule has 1 heterocycles. The Balaban J connectivity index is 2.16. The van der Waals surface area contributed by atoms with E-state index in [4.69, 9.17) is 16.3 Å². The summed E-state index contributed by atoms with van der Waals surface area (Å²) < 4.78 is 5.96. The van der Waals surface area contributed by atoms with E-state index in [0.717, 1.165) is 37.2 Å². The Hall–Kier alpha value is -1.26. The summed E-state index contributed by atoms with van der Waals surface area (Å²) in [6.45, 7) is 5.88. The van der Waals surface area contributed by atoms with Crippen LogP contribution in [0.1, 0.15) is 38.3 Å². The van der Waals surface area contributed by atoms with Gasteiger partial charge in [-0.3, -0.25) is 4.79 Å². The summed E-state index contributed by atoms with van der Waals surface area (Å²) in [5, 5.41) is 4.11. The second-order valence-corrected chi connectivity index (χ2v) is 5.95. The minimum Gasteiger partial charge on any atom is -0.480 e. The Morgan fingerprint density at radius 3 is 2.90 bits per heavy atom. The van der Waals surface area contributed by atoms with Crippen LogP contribution in [-0.2, 0) is 4.79 Å². The van der Waals surface area contributed by atoms with Gasteiger partial charge >= 0.3 is 0 Å². The van der Waals surface area contributed by atoms with Crippen LogP contribution in [0.4, 0.5) is 0 Å². The number of halogens is 1. The minimum atomic E-state index is -0.381. The molecule has 116 valence electrons. The molecule has 0 bridgehead atoms. The van der Waals surface area contributed by atoms with E-state index in [1.165, 1.54) is 0 Å². The molecule has 5 heteroatoms. The van der Waals surface area contributed by atoms with E-state index < -0.39 is 0 Å². The highest BCUT2D eigenvalue weighted by atomic mass is 35.5. The van der Waals surface area contributed by atoms with Crippen LogP contribution in [0, 0.1) is 0 Å². The van der Waals surface area contributed by atoms with Gasteiger partial charge < -0.3 is 15.0 Å². The molecule has 2 rings (SSSR count). The number of ether oxygens (including phenoxy) is 1.